The normalized spacial score (nSPS) is 12.4. The van der Waals surface area contributed by atoms with E-state index in [1.54, 1.807) is 7.11 Å². The van der Waals surface area contributed by atoms with Gasteiger partial charge < -0.3 is 9.47 Å². The molecule has 0 rings (SSSR count). The van der Waals surface area contributed by atoms with Gasteiger partial charge in [-0.2, -0.15) is 0 Å². The number of methoxy groups -OCH3 is 1. The Bertz CT molecular complexity index is 214. The molecule has 0 unspecified atom stereocenters. The van der Waals surface area contributed by atoms with Crippen LogP contribution in [0.3, 0.4) is 0 Å². The van der Waals surface area contributed by atoms with Crippen molar-refractivity contribution in [2.75, 3.05) is 26.9 Å². The number of ether oxygens (including phenoxy) is 2. The zero-order valence-electron chi connectivity index (χ0n) is 9.38. The molecule has 0 aromatic heterocycles. The van der Waals surface area contributed by atoms with E-state index in [-0.39, 0.29) is 0 Å². The van der Waals surface area contributed by atoms with Crippen LogP contribution in [0.5, 0.6) is 0 Å². The molecular formula is C12H20O2. The molecule has 0 aromatic carbocycles. The molecule has 0 aliphatic heterocycles. The fourth-order valence-corrected chi connectivity index (χ4v) is 0.900. The molecule has 0 amide bonds. The van der Waals surface area contributed by atoms with Crippen LogP contribution < -0.4 is 0 Å². The molecule has 0 aliphatic rings. The minimum atomic E-state index is 0.594. The second-order valence-electron chi connectivity index (χ2n) is 2.93. The summed E-state index contributed by atoms with van der Waals surface area (Å²) >= 11 is 0. The highest BCUT2D eigenvalue weighted by atomic mass is 16.5. The van der Waals surface area contributed by atoms with Crippen LogP contribution in [0, 0.1) is 0 Å². The largest absolute Gasteiger partial charge is 0.380 e. The van der Waals surface area contributed by atoms with Crippen LogP contribution in [-0.4, -0.2) is 26.9 Å². The van der Waals surface area contributed by atoms with Gasteiger partial charge in [-0.1, -0.05) is 24.8 Å². The summed E-state index contributed by atoms with van der Waals surface area (Å²) in [7, 11) is 1.69. The van der Waals surface area contributed by atoms with Gasteiger partial charge in [0.1, 0.15) is 0 Å². The van der Waals surface area contributed by atoms with E-state index in [4.69, 9.17) is 9.47 Å². The molecular weight excluding hydrogens is 176 g/mol. The molecule has 80 valence electrons. The van der Waals surface area contributed by atoms with Crippen molar-refractivity contribution in [3.63, 3.8) is 0 Å². The molecule has 0 radical (unpaired) electrons. The van der Waals surface area contributed by atoms with Crippen LogP contribution >= 0.6 is 0 Å². The van der Waals surface area contributed by atoms with Gasteiger partial charge in [0.15, 0.2) is 0 Å². The van der Waals surface area contributed by atoms with Gasteiger partial charge in [-0.05, 0) is 25.0 Å². The van der Waals surface area contributed by atoms with Crippen molar-refractivity contribution in [3.8, 4) is 0 Å². The fourth-order valence-electron chi connectivity index (χ4n) is 0.900. The molecule has 2 heteroatoms. The topological polar surface area (TPSA) is 18.5 Å². The second kappa shape index (κ2) is 8.73. The molecule has 2 nitrogen and oxygen atoms in total. The third kappa shape index (κ3) is 6.63. The maximum atomic E-state index is 5.22. The molecule has 0 aromatic rings. The quantitative estimate of drug-likeness (QED) is 0.583. The number of hydrogen-bond acceptors (Lipinski definition) is 2. The maximum absolute atomic E-state index is 5.22. The Balaban J connectivity index is 3.94. The molecule has 0 bridgehead atoms. The summed E-state index contributed by atoms with van der Waals surface area (Å²) in [6, 6.07) is 0. The maximum Gasteiger partial charge on any atom is 0.0711 e. The minimum absolute atomic E-state index is 0.594. The first kappa shape index (κ1) is 13.1. The van der Waals surface area contributed by atoms with E-state index >= 15 is 0 Å². The summed E-state index contributed by atoms with van der Waals surface area (Å²) in [4.78, 5) is 0. The first-order chi connectivity index (χ1) is 6.74. The fraction of sp³-hybridized carbons (Fsp3) is 0.500. The first-order valence-electron chi connectivity index (χ1n) is 4.82. The Morgan fingerprint density at radius 2 is 2.00 bits per heavy atom. The Kier molecular flexibility index (Phi) is 8.19. The van der Waals surface area contributed by atoms with Crippen molar-refractivity contribution < 1.29 is 9.47 Å². The van der Waals surface area contributed by atoms with Gasteiger partial charge in [-0.25, -0.2) is 0 Å². The van der Waals surface area contributed by atoms with Crippen molar-refractivity contribution in [3.05, 3.63) is 36.0 Å². The molecule has 0 fully saturated rings. The highest BCUT2D eigenvalue weighted by molar-refractivity contribution is 5.26. The van der Waals surface area contributed by atoms with E-state index in [1.165, 1.54) is 0 Å². The Morgan fingerprint density at radius 3 is 2.50 bits per heavy atom. The van der Waals surface area contributed by atoms with Crippen molar-refractivity contribution >= 4 is 0 Å². The Hall–Kier alpha value is -0.860. The van der Waals surface area contributed by atoms with Crippen molar-refractivity contribution in [2.45, 2.75) is 13.8 Å². The zero-order valence-corrected chi connectivity index (χ0v) is 9.38. The van der Waals surface area contributed by atoms with Gasteiger partial charge in [0.25, 0.3) is 0 Å². The van der Waals surface area contributed by atoms with E-state index in [2.05, 4.69) is 6.58 Å². The summed E-state index contributed by atoms with van der Waals surface area (Å²) < 4.78 is 10.2. The van der Waals surface area contributed by atoms with Crippen LogP contribution in [0.1, 0.15) is 13.8 Å². The monoisotopic (exact) mass is 196 g/mol. The molecule has 0 saturated heterocycles. The lowest BCUT2D eigenvalue weighted by atomic mass is 10.2. The average molecular weight is 196 g/mol. The zero-order chi connectivity index (χ0) is 10.8. The smallest absolute Gasteiger partial charge is 0.0711 e. The Morgan fingerprint density at radius 1 is 1.29 bits per heavy atom. The number of allylic oxidation sites excluding steroid dienone is 1. The summed E-state index contributed by atoms with van der Waals surface area (Å²) in [5.74, 6) is 0. The molecule has 14 heavy (non-hydrogen) atoms. The van der Waals surface area contributed by atoms with Crippen LogP contribution in [0.15, 0.2) is 36.0 Å². The lowest BCUT2D eigenvalue weighted by Crippen LogP contribution is -1.95. The van der Waals surface area contributed by atoms with E-state index in [0.717, 1.165) is 17.8 Å². The Labute approximate surface area is 86.9 Å². The van der Waals surface area contributed by atoms with Crippen LogP contribution in [0.25, 0.3) is 0 Å². The van der Waals surface area contributed by atoms with Gasteiger partial charge in [0, 0.05) is 13.7 Å². The standard InChI is InChI=1S/C12H20O2/c1-5-12(10-13-4)8-7-11(3)9-14-6-2/h5,7-8H,3,6,9-10H2,1-2,4H3/b8-7-,12-5+. The summed E-state index contributed by atoms with van der Waals surface area (Å²) in [5, 5.41) is 0. The number of hydrogen-bond donors (Lipinski definition) is 0. The first-order valence-corrected chi connectivity index (χ1v) is 4.82. The molecule has 0 heterocycles. The molecule has 0 saturated carbocycles. The van der Waals surface area contributed by atoms with Gasteiger partial charge in [-0.3, -0.25) is 0 Å². The van der Waals surface area contributed by atoms with Gasteiger partial charge in [0.05, 0.1) is 13.2 Å². The number of rotatable bonds is 7. The summed E-state index contributed by atoms with van der Waals surface area (Å²) in [6.45, 7) is 9.79. The van der Waals surface area contributed by atoms with E-state index in [0.29, 0.717) is 13.2 Å². The van der Waals surface area contributed by atoms with Crippen LogP contribution in [0.4, 0.5) is 0 Å². The van der Waals surface area contributed by atoms with Crippen molar-refractivity contribution in [1.29, 1.82) is 0 Å². The van der Waals surface area contributed by atoms with Crippen LogP contribution in [-0.2, 0) is 9.47 Å². The third-order valence-corrected chi connectivity index (χ3v) is 1.71. The second-order valence-corrected chi connectivity index (χ2v) is 2.93. The predicted molar refractivity (Wildman–Crippen MR) is 60.4 cm³/mol. The van der Waals surface area contributed by atoms with Crippen molar-refractivity contribution in [1.82, 2.24) is 0 Å². The molecule has 0 N–H and O–H groups in total. The SMILES string of the molecule is C=C(/C=C\C(=C/C)COC)COCC. The van der Waals surface area contributed by atoms with Crippen molar-refractivity contribution in [2.24, 2.45) is 0 Å². The highest BCUT2D eigenvalue weighted by Gasteiger charge is 1.91. The lowest BCUT2D eigenvalue weighted by Gasteiger charge is -2.01. The highest BCUT2D eigenvalue weighted by Crippen LogP contribution is 2.01. The van der Waals surface area contributed by atoms with E-state index < -0.39 is 0 Å². The minimum Gasteiger partial charge on any atom is -0.380 e. The van der Waals surface area contributed by atoms with Gasteiger partial charge in [0.2, 0.25) is 0 Å². The van der Waals surface area contributed by atoms with Crippen LogP contribution in [0.2, 0.25) is 0 Å². The molecule has 0 spiro atoms. The van der Waals surface area contributed by atoms with E-state index in [9.17, 15) is 0 Å². The van der Waals surface area contributed by atoms with E-state index in [1.807, 2.05) is 32.1 Å². The summed E-state index contributed by atoms with van der Waals surface area (Å²) in [5.41, 5.74) is 2.12. The van der Waals surface area contributed by atoms with Gasteiger partial charge in [-0.15, -0.1) is 0 Å². The molecule has 0 atom stereocenters. The average Bonchev–Trinajstić information content (AvgIpc) is 2.21. The predicted octanol–water partition coefficient (Wildman–Crippen LogP) is 2.73. The van der Waals surface area contributed by atoms with Gasteiger partial charge >= 0.3 is 0 Å². The summed E-state index contributed by atoms with van der Waals surface area (Å²) in [6.07, 6.45) is 5.99. The lowest BCUT2D eigenvalue weighted by molar-refractivity contribution is 0.173. The molecule has 0 aliphatic carbocycles. The third-order valence-electron chi connectivity index (χ3n) is 1.71.